The molecule has 7 heteroatoms. The van der Waals surface area contributed by atoms with Gasteiger partial charge in [-0.2, -0.15) is 5.10 Å². The third-order valence-corrected chi connectivity index (χ3v) is 10.7. The molecule has 43 heavy (non-hydrogen) atoms. The minimum absolute atomic E-state index is 0.0366. The van der Waals surface area contributed by atoms with Crippen molar-refractivity contribution in [3.63, 3.8) is 0 Å². The predicted octanol–water partition coefficient (Wildman–Crippen LogP) is 6.81. The number of aryl methyl sites for hydroxylation is 1. The lowest BCUT2D eigenvalue weighted by Crippen LogP contribution is -2.57. The first-order valence-corrected chi connectivity index (χ1v) is 16.1. The van der Waals surface area contributed by atoms with Crippen molar-refractivity contribution in [1.29, 1.82) is 0 Å². The van der Waals surface area contributed by atoms with Crippen molar-refractivity contribution in [3.05, 3.63) is 89.0 Å². The molecule has 2 aromatic carbocycles. The summed E-state index contributed by atoms with van der Waals surface area (Å²) < 4.78 is 16.5. The van der Waals surface area contributed by atoms with Crippen LogP contribution in [0, 0.1) is 17.7 Å². The molecular formula is C36H49FN4O2. The normalized spacial score (nSPS) is 23.2. The van der Waals surface area contributed by atoms with Crippen molar-refractivity contribution in [2.24, 2.45) is 11.8 Å². The Morgan fingerprint density at radius 1 is 1.09 bits per heavy atom. The molecule has 5 rings (SSSR count). The highest BCUT2D eigenvalue weighted by Crippen LogP contribution is 2.45. The van der Waals surface area contributed by atoms with Crippen LogP contribution < -0.4 is 0 Å². The van der Waals surface area contributed by atoms with Gasteiger partial charge in [0.05, 0.1) is 5.69 Å². The van der Waals surface area contributed by atoms with E-state index in [1.807, 2.05) is 40.0 Å². The first-order chi connectivity index (χ1) is 20.6. The van der Waals surface area contributed by atoms with E-state index >= 15 is 0 Å². The van der Waals surface area contributed by atoms with Gasteiger partial charge in [-0.3, -0.25) is 14.4 Å². The molecule has 2 heterocycles. The number of halogens is 1. The van der Waals surface area contributed by atoms with Crippen LogP contribution in [0.5, 0.6) is 0 Å². The third-order valence-electron chi connectivity index (χ3n) is 10.7. The van der Waals surface area contributed by atoms with Crippen molar-refractivity contribution in [3.8, 4) is 0 Å². The Labute approximate surface area is 256 Å². The van der Waals surface area contributed by atoms with Crippen molar-refractivity contribution >= 4 is 5.97 Å². The number of carboxylic acids is 1. The number of hydrogen-bond donors (Lipinski definition) is 1. The zero-order valence-electron chi connectivity index (χ0n) is 26.5. The molecule has 232 valence electrons. The topological polar surface area (TPSA) is 61.6 Å². The van der Waals surface area contributed by atoms with Gasteiger partial charge in [0.1, 0.15) is 11.4 Å². The lowest BCUT2D eigenvalue weighted by Gasteiger charge is -2.42. The summed E-state index contributed by atoms with van der Waals surface area (Å²) in [7, 11) is 1.97. The molecule has 0 bridgehead atoms. The minimum Gasteiger partial charge on any atom is -0.480 e. The highest BCUT2D eigenvalue weighted by Gasteiger charge is 2.47. The van der Waals surface area contributed by atoms with E-state index in [0.29, 0.717) is 11.8 Å². The van der Waals surface area contributed by atoms with Gasteiger partial charge in [-0.05, 0) is 107 Å². The van der Waals surface area contributed by atoms with E-state index in [2.05, 4.69) is 57.8 Å². The Morgan fingerprint density at radius 3 is 2.44 bits per heavy atom. The Morgan fingerprint density at radius 2 is 1.81 bits per heavy atom. The molecule has 0 radical (unpaired) electrons. The molecule has 1 saturated heterocycles. The molecule has 1 aliphatic heterocycles. The zero-order chi connectivity index (χ0) is 30.7. The number of nitrogens with zero attached hydrogens (tertiary/aromatic N) is 4. The van der Waals surface area contributed by atoms with Gasteiger partial charge in [-0.15, -0.1) is 0 Å². The predicted molar refractivity (Wildman–Crippen MR) is 170 cm³/mol. The fourth-order valence-electron chi connectivity index (χ4n) is 7.65. The number of likely N-dealkylation sites (tertiary alicyclic amines) is 1. The summed E-state index contributed by atoms with van der Waals surface area (Å²) in [6.07, 6.45) is 4.81. The molecule has 6 nitrogen and oxygen atoms in total. The van der Waals surface area contributed by atoms with Crippen LogP contribution in [0.25, 0.3) is 0 Å². The quantitative estimate of drug-likeness (QED) is 0.267. The summed E-state index contributed by atoms with van der Waals surface area (Å²) in [6, 6.07) is 20.0. The van der Waals surface area contributed by atoms with Gasteiger partial charge in [0.2, 0.25) is 0 Å². The van der Waals surface area contributed by atoms with Crippen LogP contribution in [0.15, 0.2) is 60.7 Å². The maximum Gasteiger partial charge on any atom is 0.324 e. The van der Waals surface area contributed by atoms with Crippen molar-refractivity contribution < 1.29 is 14.3 Å². The first-order valence-electron chi connectivity index (χ1n) is 16.1. The molecule has 1 aromatic heterocycles. The van der Waals surface area contributed by atoms with Crippen LogP contribution >= 0.6 is 0 Å². The van der Waals surface area contributed by atoms with Gasteiger partial charge in [0.15, 0.2) is 0 Å². The summed E-state index contributed by atoms with van der Waals surface area (Å²) in [5.74, 6) is 0.0203. The second-order valence-corrected chi connectivity index (χ2v) is 13.4. The van der Waals surface area contributed by atoms with E-state index in [1.165, 1.54) is 17.3 Å². The lowest BCUT2D eigenvalue weighted by molar-refractivity contribution is -0.154. The number of hydrogen-bond acceptors (Lipinski definition) is 4. The van der Waals surface area contributed by atoms with E-state index in [1.54, 1.807) is 6.07 Å². The summed E-state index contributed by atoms with van der Waals surface area (Å²) >= 11 is 0. The minimum atomic E-state index is -0.952. The molecule has 1 N–H and O–H groups in total. The lowest BCUT2D eigenvalue weighted by atomic mass is 9.85. The molecule has 2 aliphatic rings. The summed E-state index contributed by atoms with van der Waals surface area (Å²) in [6.45, 7) is 11.9. The standard InChI is InChI=1S/C36H49FN4O2/c1-6-41-34(22-31(38-41)19-26-11-8-7-9-12-26)27-15-17-40(18-16-27)24-29-21-32(39(5)36(4,25(2)3)35(42)43)23-33(29)28-13-10-14-30(37)20-28/h7-14,20,22,25,27,29,32-33H,6,15-19,21,23-24H2,1-5H3,(H,42,43)/t29-,32+,33-,36?/m1/s1. The second-order valence-electron chi connectivity index (χ2n) is 13.4. The molecule has 4 atom stereocenters. The van der Waals surface area contributed by atoms with Crippen LogP contribution in [-0.2, 0) is 17.8 Å². The van der Waals surface area contributed by atoms with E-state index in [9.17, 15) is 14.3 Å². The van der Waals surface area contributed by atoms with E-state index in [0.717, 1.165) is 69.5 Å². The van der Waals surface area contributed by atoms with Gasteiger partial charge in [-0.25, -0.2) is 4.39 Å². The largest absolute Gasteiger partial charge is 0.480 e. The van der Waals surface area contributed by atoms with E-state index < -0.39 is 11.5 Å². The van der Waals surface area contributed by atoms with Gasteiger partial charge >= 0.3 is 5.97 Å². The fourth-order valence-corrected chi connectivity index (χ4v) is 7.65. The number of carboxylic acid groups (broad SMARTS) is 1. The number of aliphatic carboxylic acids is 1. The molecule has 1 unspecified atom stereocenters. The highest BCUT2D eigenvalue weighted by molar-refractivity contribution is 5.78. The van der Waals surface area contributed by atoms with Gasteiger partial charge < -0.3 is 10.0 Å². The van der Waals surface area contributed by atoms with Gasteiger partial charge in [0.25, 0.3) is 0 Å². The fraction of sp³-hybridized carbons (Fsp3) is 0.556. The van der Waals surface area contributed by atoms with E-state index in [-0.39, 0.29) is 23.7 Å². The average molecular weight is 589 g/mol. The van der Waals surface area contributed by atoms with Gasteiger partial charge in [-0.1, -0.05) is 56.3 Å². The molecule has 3 aromatic rings. The molecule has 1 aliphatic carbocycles. The van der Waals surface area contributed by atoms with Crippen LogP contribution in [0.4, 0.5) is 4.39 Å². The Kier molecular flexibility index (Phi) is 9.72. The number of piperidine rings is 1. The Hall–Kier alpha value is -3.03. The summed E-state index contributed by atoms with van der Waals surface area (Å²) in [5, 5.41) is 15.2. The number of rotatable bonds is 11. The average Bonchev–Trinajstić information content (AvgIpc) is 3.61. The van der Waals surface area contributed by atoms with Crippen molar-refractivity contribution in [1.82, 2.24) is 19.6 Å². The molecule has 0 amide bonds. The van der Waals surface area contributed by atoms with Crippen molar-refractivity contribution in [2.45, 2.75) is 89.8 Å². The molecule has 1 saturated carbocycles. The molecule has 0 spiro atoms. The zero-order valence-corrected chi connectivity index (χ0v) is 26.5. The smallest absolute Gasteiger partial charge is 0.324 e. The maximum atomic E-state index is 14.3. The van der Waals surface area contributed by atoms with Gasteiger partial charge in [0, 0.05) is 37.2 Å². The number of aromatic nitrogens is 2. The summed E-state index contributed by atoms with van der Waals surface area (Å²) in [5.41, 5.74) is 3.87. The number of benzene rings is 2. The number of carbonyl (C=O) groups is 1. The SMILES string of the molecule is CCn1nc(Cc2ccccc2)cc1C1CCN(C[C@H]2C[C@H](N(C)C(C)(C(=O)O)C(C)C)C[C@@H]2c2cccc(F)c2)CC1. The molecule has 2 fully saturated rings. The highest BCUT2D eigenvalue weighted by atomic mass is 19.1. The van der Waals surface area contributed by atoms with Crippen LogP contribution in [-0.4, -0.2) is 68.9 Å². The van der Waals surface area contributed by atoms with E-state index in [4.69, 9.17) is 5.10 Å². The van der Waals surface area contributed by atoms with Crippen LogP contribution in [0.1, 0.15) is 87.7 Å². The second kappa shape index (κ2) is 13.3. The molecular weight excluding hydrogens is 539 g/mol. The Bertz CT molecular complexity index is 1370. The van der Waals surface area contributed by atoms with Crippen LogP contribution in [0.3, 0.4) is 0 Å². The van der Waals surface area contributed by atoms with Crippen LogP contribution in [0.2, 0.25) is 0 Å². The Balaban J connectivity index is 1.28. The third kappa shape index (κ3) is 6.73. The van der Waals surface area contributed by atoms with Crippen molar-refractivity contribution in [2.75, 3.05) is 26.7 Å². The summed E-state index contributed by atoms with van der Waals surface area (Å²) in [4.78, 5) is 17.1. The number of likely N-dealkylation sites (N-methyl/N-ethyl adjacent to an activating group) is 1. The first kappa shape index (κ1) is 31.4. The maximum absolute atomic E-state index is 14.3. The monoisotopic (exact) mass is 588 g/mol.